The highest BCUT2D eigenvalue weighted by Gasteiger charge is 2.66. The van der Waals surface area contributed by atoms with Gasteiger partial charge < -0.3 is 15.2 Å². The number of nitriles is 1. The van der Waals surface area contributed by atoms with Crippen molar-refractivity contribution in [3.05, 3.63) is 23.5 Å². The Labute approximate surface area is 147 Å². The van der Waals surface area contributed by atoms with Gasteiger partial charge in [-0.3, -0.25) is 4.79 Å². The van der Waals surface area contributed by atoms with Crippen LogP contribution in [0.3, 0.4) is 0 Å². The molecular weight excluding hydrogens is 388 g/mol. The molecule has 0 radical (unpaired) electrons. The monoisotopic (exact) mass is 399 g/mol. The maximum Gasteiger partial charge on any atom is 0.437 e. The first kappa shape index (κ1) is 22.2. The molecule has 0 spiro atoms. The predicted octanol–water partition coefficient (Wildman–Crippen LogP) is 2.16. The van der Waals surface area contributed by atoms with Gasteiger partial charge in [0.05, 0.1) is 24.1 Å². The predicted molar refractivity (Wildman–Crippen MR) is 74.8 cm³/mol. The lowest BCUT2D eigenvalue weighted by atomic mass is 10.0. The normalized spacial score (nSPS) is 14.0. The number of pyridine rings is 1. The van der Waals surface area contributed by atoms with Crippen molar-refractivity contribution in [1.82, 2.24) is 4.98 Å². The van der Waals surface area contributed by atoms with E-state index in [1.54, 1.807) is 0 Å². The van der Waals surface area contributed by atoms with Crippen LogP contribution in [0, 0.1) is 11.3 Å². The zero-order valence-corrected chi connectivity index (χ0v) is 13.4. The number of halogens is 6. The van der Waals surface area contributed by atoms with Crippen LogP contribution in [0.1, 0.15) is 24.6 Å². The summed E-state index contributed by atoms with van der Waals surface area (Å²) in [6.07, 6.45) is -10.4. The van der Waals surface area contributed by atoms with Crippen molar-refractivity contribution in [3.63, 3.8) is 0 Å². The summed E-state index contributed by atoms with van der Waals surface area (Å²) in [4.78, 5) is 26.5. The molecule has 1 unspecified atom stereocenters. The number of carbonyl (C=O) groups excluding carboxylic acids is 2. The molecule has 1 heterocycles. The molecule has 0 aromatic carbocycles. The highest BCUT2D eigenvalue weighted by atomic mass is 19.4. The summed E-state index contributed by atoms with van der Waals surface area (Å²) in [6, 6.07) is 1.27. The highest BCUT2D eigenvalue weighted by Crippen LogP contribution is 2.35. The van der Waals surface area contributed by atoms with Gasteiger partial charge in [-0.15, -0.1) is 0 Å². The number of ether oxygens (including phenoxy) is 1. The van der Waals surface area contributed by atoms with Crippen LogP contribution in [0.25, 0.3) is 0 Å². The van der Waals surface area contributed by atoms with Crippen LogP contribution in [0.2, 0.25) is 0 Å². The molecule has 1 aromatic heterocycles. The molecule has 0 saturated heterocycles. The number of anilines is 1. The number of carbonyl (C=O) groups is 2. The van der Waals surface area contributed by atoms with Crippen LogP contribution in [0.4, 0.5) is 32.0 Å². The Balaban J connectivity index is 3.28. The summed E-state index contributed by atoms with van der Waals surface area (Å²) in [5, 5.41) is 19.5. The van der Waals surface area contributed by atoms with Gasteiger partial charge in [0.25, 0.3) is 5.91 Å². The molecule has 0 fully saturated rings. The van der Waals surface area contributed by atoms with Crippen LogP contribution in [-0.2, 0) is 20.5 Å². The van der Waals surface area contributed by atoms with Crippen LogP contribution < -0.4 is 5.32 Å². The number of nitrogens with one attached hydrogen (secondary N) is 1. The van der Waals surface area contributed by atoms with Gasteiger partial charge in [-0.05, 0) is 12.5 Å². The van der Waals surface area contributed by atoms with Crippen molar-refractivity contribution in [2.75, 3.05) is 11.9 Å². The van der Waals surface area contributed by atoms with Crippen LogP contribution in [0.15, 0.2) is 12.3 Å². The second kappa shape index (κ2) is 7.78. The van der Waals surface area contributed by atoms with E-state index in [1.807, 2.05) is 0 Å². The topological polar surface area (TPSA) is 112 Å². The van der Waals surface area contributed by atoms with Gasteiger partial charge in [-0.1, -0.05) is 6.92 Å². The smallest absolute Gasteiger partial charge is 0.437 e. The van der Waals surface area contributed by atoms with Crippen LogP contribution >= 0.6 is 0 Å². The molecule has 0 aliphatic carbocycles. The molecule has 13 heteroatoms. The Kier molecular flexibility index (Phi) is 6.39. The highest BCUT2D eigenvalue weighted by molar-refractivity contribution is 6.12. The van der Waals surface area contributed by atoms with E-state index in [1.165, 1.54) is 12.2 Å². The number of esters is 1. The largest absolute Gasteiger partial charge is 0.463 e. The minimum absolute atomic E-state index is 0.0791. The molecule has 2 N–H and O–H groups in total. The first-order valence-corrected chi connectivity index (χ1v) is 7.04. The van der Waals surface area contributed by atoms with Crippen molar-refractivity contribution >= 4 is 17.6 Å². The van der Waals surface area contributed by atoms with Gasteiger partial charge in [0, 0.05) is 0 Å². The first-order valence-electron chi connectivity index (χ1n) is 7.04. The minimum Gasteiger partial charge on any atom is -0.463 e. The second-order valence-electron chi connectivity index (χ2n) is 5.03. The van der Waals surface area contributed by atoms with E-state index in [-0.39, 0.29) is 12.5 Å². The maximum atomic E-state index is 13.1. The summed E-state index contributed by atoms with van der Waals surface area (Å²) in [5.41, 5.74) is -8.31. The van der Waals surface area contributed by atoms with Crippen LogP contribution in [0.5, 0.6) is 0 Å². The molecule has 1 aromatic rings. The van der Waals surface area contributed by atoms with Crippen molar-refractivity contribution < 1.29 is 45.8 Å². The Morgan fingerprint density at radius 3 is 2.33 bits per heavy atom. The van der Waals surface area contributed by atoms with Crippen molar-refractivity contribution in [2.45, 2.75) is 31.3 Å². The third-order valence-corrected chi connectivity index (χ3v) is 3.03. The second-order valence-corrected chi connectivity index (χ2v) is 5.03. The lowest BCUT2D eigenvalue weighted by molar-refractivity contribution is -0.253. The number of aromatic nitrogens is 1. The van der Waals surface area contributed by atoms with E-state index in [2.05, 4.69) is 9.72 Å². The van der Waals surface area contributed by atoms with E-state index < -0.39 is 53.4 Å². The Hall–Kier alpha value is -2.88. The van der Waals surface area contributed by atoms with Gasteiger partial charge in [0.2, 0.25) is 0 Å². The molecule has 148 valence electrons. The van der Waals surface area contributed by atoms with Gasteiger partial charge in [-0.25, -0.2) is 9.78 Å². The van der Waals surface area contributed by atoms with Crippen molar-refractivity contribution in [2.24, 2.45) is 0 Å². The number of hydrogen-bond acceptors (Lipinski definition) is 6. The molecule has 1 atom stereocenters. The number of rotatable bonds is 5. The molecular formula is C14H11F6N3O4. The molecule has 0 aliphatic rings. The van der Waals surface area contributed by atoms with E-state index in [9.17, 15) is 41.0 Å². The summed E-state index contributed by atoms with van der Waals surface area (Å²) in [7, 11) is 0. The molecule has 1 amide bonds. The molecule has 27 heavy (non-hydrogen) atoms. The standard InChI is InChI=1S/C14H11F6N3O4/c1-2-3-27-11(25)12(26,14(18,19)20)10(24)23-7-4-8(13(15,16)17)9(5-21)22-6-7/h4,6,26H,2-3H2,1H3,(H,23,24). The third kappa shape index (κ3) is 4.64. The van der Waals surface area contributed by atoms with Crippen molar-refractivity contribution in [1.29, 1.82) is 5.26 Å². The lowest BCUT2D eigenvalue weighted by Gasteiger charge is -2.26. The molecule has 0 aliphatic heterocycles. The van der Waals surface area contributed by atoms with Crippen LogP contribution in [-0.4, -0.2) is 40.4 Å². The SMILES string of the molecule is CCCOC(=O)C(O)(C(=O)Nc1cnc(C#N)c(C(F)(F)F)c1)C(F)(F)F. The number of aliphatic hydroxyl groups is 1. The zero-order valence-electron chi connectivity index (χ0n) is 13.4. The Morgan fingerprint density at radius 1 is 1.30 bits per heavy atom. The quantitative estimate of drug-likeness (QED) is 0.446. The Morgan fingerprint density at radius 2 is 1.89 bits per heavy atom. The van der Waals surface area contributed by atoms with Gasteiger partial charge in [0.1, 0.15) is 6.07 Å². The molecule has 1 rings (SSSR count). The summed E-state index contributed by atoms with van der Waals surface area (Å²) in [5.74, 6) is -4.73. The van der Waals surface area contributed by atoms with Gasteiger partial charge >= 0.3 is 23.9 Å². The number of hydrogen-bond donors (Lipinski definition) is 2. The summed E-state index contributed by atoms with van der Waals surface area (Å²) in [6.45, 7) is 0.891. The first-order chi connectivity index (χ1) is 12.3. The molecule has 7 nitrogen and oxygen atoms in total. The molecule has 0 saturated carbocycles. The van der Waals surface area contributed by atoms with E-state index in [4.69, 9.17) is 5.26 Å². The van der Waals surface area contributed by atoms with E-state index in [0.717, 1.165) is 6.07 Å². The maximum absolute atomic E-state index is 13.1. The average molecular weight is 399 g/mol. The van der Waals surface area contributed by atoms with Gasteiger partial charge in [0.15, 0.2) is 5.69 Å². The summed E-state index contributed by atoms with van der Waals surface area (Å²) >= 11 is 0. The van der Waals surface area contributed by atoms with Gasteiger partial charge in [-0.2, -0.15) is 31.6 Å². The van der Waals surface area contributed by atoms with E-state index in [0.29, 0.717) is 6.20 Å². The van der Waals surface area contributed by atoms with Crippen molar-refractivity contribution in [3.8, 4) is 6.07 Å². The zero-order chi connectivity index (χ0) is 21.0. The Bertz CT molecular complexity index is 772. The third-order valence-electron chi connectivity index (χ3n) is 3.03. The number of amides is 1. The fourth-order valence-electron chi connectivity index (χ4n) is 1.70. The number of nitrogens with zero attached hydrogens (tertiary/aromatic N) is 2. The molecule has 0 bridgehead atoms. The van der Waals surface area contributed by atoms with E-state index >= 15 is 0 Å². The minimum atomic E-state index is -5.82. The lowest BCUT2D eigenvalue weighted by Crippen LogP contribution is -2.61. The number of alkyl halides is 6. The fourth-order valence-corrected chi connectivity index (χ4v) is 1.70. The average Bonchev–Trinajstić information content (AvgIpc) is 2.56. The summed E-state index contributed by atoms with van der Waals surface area (Å²) < 4.78 is 81.9. The fraction of sp³-hybridized carbons (Fsp3) is 0.429.